The molecule has 0 aliphatic carbocycles. The SMILES string of the molecule is CCCNCC(OC(C)C)c1ccccc1. The summed E-state index contributed by atoms with van der Waals surface area (Å²) in [6.45, 7) is 8.26. The topological polar surface area (TPSA) is 21.3 Å². The monoisotopic (exact) mass is 221 g/mol. The van der Waals surface area contributed by atoms with Crippen molar-refractivity contribution in [1.29, 1.82) is 0 Å². The number of hydrogen-bond acceptors (Lipinski definition) is 2. The minimum Gasteiger partial charge on any atom is -0.370 e. The average molecular weight is 221 g/mol. The molecule has 90 valence electrons. The summed E-state index contributed by atoms with van der Waals surface area (Å²) in [6.07, 6.45) is 1.57. The zero-order valence-corrected chi connectivity index (χ0v) is 10.6. The van der Waals surface area contributed by atoms with Gasteiger partial charge in [0.1, 0.15) is 0 Å². The number of hydrogen-bond donors (Lipinski definition) is 1. The largest absolute Gasteiger partial charge is 0.370 e. The van der Waals surface area contributed by atoms with Crippen molar-refractivity contribution in [2.24, 2.45) is 0 Å². The second-order valence-corrected chi connectivity index (χ2v) is 4.29. The summed E-state index contributed by atoms with van der Waals surface area (Å²) in [5, 5.41) is 3.41. The van der Waals surface area contributed by atoms with E-state index in [1.807, 2.05) is 6.07 Å². The molecule has 1 rings (SSSR count). The van der Waals surface area contributed by atoms with Gasteiger partial charge in [-0.2, -0.15) is 0 Å². The molecule has 0 heterocycles. The van der Waals surface area contributed by atoms with Gasteiger partial charge in [-0.15, -0.1) is 0 Å². The van der Waals surface area contributed by atoms with Gasteiger partial charge in [-0.05, 0) is 32.4 Å². The third-order valence-corrected chi connectivity index (χ3v) is 2.36. The molecule has 1 unspecified atom stereocenters. The fourth-order valence-corrected chi connectivity index (χ4v) is 1.65. The van der Waals surface area contributed by atoms with E-state index < -0.39 is 0 Å². The highest BCUT2D eigenvalue weighted by molar-refractivity contribution is 5.17. The molecule has 0 amide bonds. The van der Waals surface area contributed by atoms with Crippen LogP contribution in [0.4, 0.5) is 0 Å². The second-order valence-electron chi connectivity index (χ2n) is 4.29. The van der Waals surface area contributed by atoms with E-state index in [1.54, 1.807) is 0 Å². The van der Waals surface area contributed by atoms with Crippen LogP contribution in [-0.4, -0.2) is 19.2 Å². The standard InChI is InChI=1S/C14H23NO/c1-4-10-15-11-14(16-12(2)3)13-8-6-5-7-9-13/h5-9,12,14-15H,4,10-11H2,1-3H3. The Hall–Kier alpha value is -0.860. The van der Waals surface area contributed by atoms with Crippen LogP contribution < -0.4 is 5.32 Å². The van der Waals surface area contributed by atoms with E-state index in [0.717, 1.165) is 19.5 Å². The summed E-state index contributed by atoms with van der Waals surface area (Å²) in [4.78, 5) is 0. The molecule has 1 N–H and O–H groups in total. The third kappa shape index (κ3) is 4.77. The molecule has 0 spiro atoms. The molecule has 0 aromatic heterocycles. The van der Waals surface area contributed by atoms with Gasteiger partial charge in [0.05, 0.1) is 12.2 Å². The van der Waals surface area contributed by atoms with Crippen LogP contribution in [0.1, 0.15) is 38.9 Å². The van der Waals surface area contributed by atoms with Crippen LogP contribution in [0, 0.1) is 0 Å². The Labute approximate surface area is 99.0 Å². The summed E-state index contributed by atoms with van der Waals surface area (Å²) in [7, 11) is 0. The van der Waals surface area contributed by atoms with Crippen LogP contribution >= 0.6 is 0 Å². The second kappa shape index (κ2) is 7.42. The Kier molecular flexibility index (Phi) is 6.12. The molecule has 0 bridgehead atoms. The van der Waals surface area contributed by atoms with Crippen molar-refractivity contribution in [2.75, 3.05) is 13.1 Å². The van der Waals surface area contributed by atoms with Crippen LogP contribution in [0.2, 0.25) is 0 Å². The first kappa shape index (κ1) is 13.2. The predicted octanol–water partition coefficient (Wildman–Crippen LogP) is 3.15. The molecule has 0 aliphatic rings. The molecular weight excluding hydrogens is 198 g/mol. The summed E-state index contributed by atoms with van der Waals surface area (Å²) >= 11 is 0. The maximum atomic E-state index is 5.92. The summed E-state index contributed by atoms with van der Waals surface area (Å²) < 4.78 is 5.92. The van der Waals surface area contributed by atoms with Gasteiger partial charge in [0.2, 0.25) is 0 Å². The quantitative estimate of drug-likeness (QED) is 0.714. The van der Waals surface area contributed by atoms with E-state index in [0.29, 0.717) is 0 Å². The minimum atomic E-state index is 0.160. The van der Waals surface area contributed by atoms with E-state index in [9.17, 15) is 0 Å². The van der Waals surface area contributed by atoms with Gasteiger partial charge in [0.25, 0.3) is 0 Å². The summed E-state index contributed by atoms with van der Waals surface area (Å²) in [6, 6.07) is 10.4. The average Bonchev–Trinajstić information content (AvgIpc) is 2.29. The lowest BCUT2D eigenvalue weighted by Gasteiger charge is -2.21. The molecule has 0 fully saturated rings. The molecular formula is C14H23NO. The lowest BCUT2D eigenvalue weighted by atomic mass is 10.1. The maximum Gasteiger partial charge on any atom is 0.0952 e. The van der Waals surface area contributed by atoms with E-state index in [2.05, 4.69) is 50.4 Å². The van der Waals surface area contributed by atoms with Crippen molar-refractivity contribution in [3.05, 3.63) is 35.9 Å². The van der Waals surface area contributed by atoms with Crippen molar-refractivity contribution < 1.29 is 4.74 Å². The zero-order chi connectivity index (χ0) is 11.8. The summed E-state index contributed by atoms with van der Waals surface area (Å²) in [5.41, 5.74) is 1.25. The van der Waals surface area contributed by atoms with Crippen LogP contribution in [0.25, 0.3) is 0 Å². The molecule has 1 atom stereocenters. The number of ether oxygens (including phenoxy) is 1. The molecule has 0 saturated heterocycles. The molecule has 0 aliphatic heterocycles. The highest BCUT2D eigenvalue weighted by Crippen LogP contribution is 2.17. The normalized spacial score (nSPS) is 13.0. The Balaban J connectivity index is 2.56. The first-order valence-corrected chi connectivity index (χ1v) is 6.15. The smallest absolute Gasteiger partial charge is 0.0952 e. The molecule has 2 heteroatoms. The van der Waals surface area contributed by atoms with Gasteiger partial charge in [0.15, 0.2) is 0 Å². The van der Waals surface area contributed by atoms with Gasteiger partial charge in [-0.3, -0.25) is 0 Å². The first-order chi connectivity index (χ1) is 7.74. The van der Waals surface area contributed by atoms with Gasteiger partial charge in [0, 0.05) is 6.54 Å². The molecule has 16 heavy (non-hydrogen) atoms. The molecule has 0 saturated carbocycles. The first-order valence-electron chi connectivity index (χ1n) is 6.15. The van der Waals surface area contributed by atoms with Crippen molar-refractivity contribution in [3.8, 4) is 0 Å². The van der Waals surface area contributed by atoms with Crippen LogP contribution in [0.3, 0.4) is 0 Å². The highest BCUT2D eigenvalue weighted by Gasteiger charge is 2.12. The number of nitrogens with one attached hydrogen (secondary N) is 1. The number of rotatable bonds is 7. The van der Waals surface area contributed by atoms with Crippen molar-refractivity contribution in [2.45, 2.75) is 39.4 Å². The number of benzene rings is 1. The molecule has 1 aromatic carbocycles. The van der Waals surface area contributed by atoms with Crippen LogP contribution in [0.5, 0.6) is 0 Å². The predicted molar refractivity (Wildman–Crippen MR) is 68.6 cm³/mol. The molecule has 2 nitrogen and oxygen atoms in total. The van der Waals surface area contributed by atoms with Gasteiger partial charge >= 0.3 is 0 Å². The van der Waals surface area contributed by atoms with Crippen LogP contribution in [-0.2, 0) is 4.74 Å². The zero-order valence-electron chi connectivity index (χ0n) is 10.6. The van der Waals surface area contributed by atoms with Gasteiger partial charge in [-0.1, -0.05) is 37.3 Å². The van der Waals surface area contributed by atoms with Gasteiger partial charge in [-0.25, -0.2) is 0 Å². The Bertz CT molecular complexity index is 271. The summed E-state index contributed by atoms with van der Waals surface area (Å²) in [5.74, 6) is 0. The third-order valence-electron chi connectivity index (χ3n) is 2.36. The van der Waals surface area contributed by atoms with E-state index in [-0.39, 0.29) is 12.2 Å². The van der Waals surface area contributed by atoms with Crippen molar-refractivity contribution >= 4 is 0 Å². The lowest BCUT2D eigenvalue weighted by molar-refractivity contribution is 0.00724. The fourth-order valence-electron chi connectivity index (χ4n) is 1.65. The van der Waals surface area contributed by atoms with E-state index in [1.165, 1.54) is 5.56 Å². The molecule has 0 radical (unpaired) electrons. The Morgan fingerprint density at radius 3 is 2.44 bits per heavy atom. The Morgan fingerprint density at radius 2 is 1.88 bits per heavy atom. The van der Waals surface area contributed by atoms with E-state index in [4.69, 9.17) is 4.74 Å². The Morgan fingerprint density at radius 1 is 1.19 bits per heavy atom. The van der Waals surface area contributed by atoms with Gasteiger partial charge < -0.3 is 10.1 Å². The van der Waals surface area contributed by atoms with Crippen LogP contribution in [0.15, 0.2) is 30.3 Å². The highest BCUT2D eigenvalue weighted by atomic mass is 16.5. The van der Waals surface area contributed by atoms with Crippen molar-refractivity contribution in [1.82, 2.24) is 5.32 Å². The maximum absolute atomic E-state index is 5.92. The molecule has 1 aromatic rings. The fraction of sp³-hybridized carbons (Fsp3) is 0.571. The van der Waals surface area contributed by atoms with Crippen molar-refractivity contribution in [3.63, 3.8) is 0 Å². The van der Waals surface area contributed by atoms with E-state index >= 15 is 0 Å². The minimum absolute atomic E-state index is 0.160. The lowest BCUT2D eigenvalue weighted by Crippen LogP contribution is -2.25.